The second-order valence-electron chi connectivity index (χ2n) is 5.80. The molecule has 0 aliphatic carbocycles. The third-order valence-electron chi connectivity index (χ3n) is 3.95. The smallest absolute Gasteiger partial charge is 0.346 e. The molecule has 0 heterocycles. The standard InChI is InChI=1S/C20H21FO5/c1-4-13(2)18(21)20(23)26-17-11-9-16(10-12-17)25-19(22)14-5-7-15(24-3)8-6-14/h5-13,18H,4H2,1-3H3/t13-,18-/m0/s1. The van der Waals surface area contributed by atoms with Crippen LogP contribution < -0.4 is 14.2 Å². The summed E-state index contributed by atoms with van der Waals surface area (Å²) in [5.41, 5.74) is 0.370. The van der Waals surface area contributed by atoms with E-state index in [0.717, 1.165) is 0 Å². The van der Waals surface area contributed by atoms with Gasteiger partial charge in [-0.2, -0.15) is 0 Å². The minimum absolute atomic E-state index is 0.185. The van der Waals surface area contributed by atoms with E-state index in [1.807, 2.05) is 0 Å². The van der Waals surface area contributed by atoms with Gasteiger partial charge in [0.05, 0.1) is 12.7 Å². The van der Waals surface area contributed by atoms with E-state index >= 15 is 0 Å². The van der Waals surface area contributed by atoms with Gasteiger partial charge in [-0.1, -0.05) is 20.3 Å². The van der Waals surface area contributed by atoms with E-state index in [1.165, 1.54) is 31.4 Å². The molecule has 0 saturated heterocycles. The average molecular weight is 360 g/mol. The van der Waals surface area contributed by atoms with Gasteiger partial charge >= 0.3 is 11.9 Å². The predicted molar refractivity (Wildman–Crippen MR) is 94.4 cm³/mol. The van der Waals surface area contributed by atoms with Crippen molar-refractivity contribution in [1.29, 1.82) is 0 Å². The summed E-state index contributed by atoms with van der Waals surface area (Å²) in [5.74, 6) is -0.765. The molecule has 0 aliphatic heterocycles. The van der Waals surface area contributed by atoms with Crippen molar-refractivity contribution in [2.45, 2.75) is 26.4 Å². The van der Waals surface area contributed by atoms with E-state index in [4.69, 9.17) is 14.2 Å². The highest BCUT2D eigenvalue weighted by Crippen LogP contribution is 2.21. The van der Waals surface area contributed by atoms with Crippen molar-refractivity contribution in [3.05, 3.63) is 54.1 Å². The summed E-state index contributed by atoms with van der Waals surface area (Å²) in [7, 11) is 1.54. The van der Waals surface area contributed by atoms with E-state index in [9.17, 15) is 14.0 Å². The molecule has 0 bridgehead atoms. The van der Waals surface area contributed by atoms with E-state index in [-0.39, 0.29) is 11.5 Å². The zero-order valence-corrected chi connectivity index (χ0v) is 14.9. The molecular weight excluding hydrogens is 339 g/mol. The van der Waals surface area contributed by atoms with Gasteiger partial charge in [0.15, 0.2) is 6.17 Å². The maximum atomic E-state index is 13.8. The third kappa shape index (κ3) is 5.05. The zero-order valence-electron chi connectivity index (χ0n) is 14.9. The molecule has 0 N–H and O–H groups in total. The number of hydrogen-bond donors (Lipinski definition) is 0. The van der Waals surface area contributed by atoms with Crippen LogP contribution in [-0.2, 0) is 4.79 Å². The van der Waals surface area contributed by atoms with Crippen LogP contribution in [0.4, 0.5) is 4.39 Å². The van der Waals surface area contributed by atoms with Gasteiger partial charge in [-0.05, 0) is 54.4 Å². The van der Waals surface area contributed by atoms with Gasteiger partial charge < -0.3 is 14.2 Å². The predicted octanol–water partition coefficient (Wildman–Crippen LogP) is 4.20. The summed E-state index contributed by atoms with van der Waals surface area (Å²) < 4.78 is 29.1. The maximum absolute atomic E-state index is 13.8. The number of alkyl halides is 1. The fourth-order valence-corrected chi connectivity index (χ4v) is 2.08. The first-order valence-corrected chi connectivity index (χ1v) is 8.26. The Morgan fingerprint density at radius 2 is 1.42 bits per heavy atom. The number of ether oxygens (including phenoxy) is 3. The molecule has 5 nitrogen and oxygen atoms in total. The molecule has 0 amide bonds. The van der Waals surface area contributed by atoms with E-state index in [1.54, 1.807) is 38.1 Å². The highest BCUT2D eigenvalue weighted by Gasteiger charge is 2.25. The van der Waals surface area contributed by atoms with Crippen LogP contribution in [0.15, 0.2) is 48.5 Å². The maximum Gasteiger partial charge on any atom is 0.346 e. The van der Waals surface area contributed by atoms with Crippen LogP contribution >= 0.6 is 0 Å². The molecule has 0 unspecified atom stereocenters. The molecule has 2 aromatic carbocycles. The Kier molecular flexibility index (Phi) is 6.72. The minimum Gasteiger partial charge on any atom is -0.497 e. The SMILES string of the molecule is CC[C@H](C)[C@H](F)C(=O)Oc1ccc(OC(=O)c2ccc(OC)cc2)cc1. The van der Waals surface area contributed by atoms with Gasteiger partial charge in [0.25, 0.3) is 0 Å². The zero-order chi connectivity index (χ0) is 19.1. The molecule has 0 fully saturated rings. The van der Waals surface area contributed by atoms with Crippen molar-refractivity contribution in [2.24, 2.45) is 5.92 Å². The number of rotatable bonds is 7. The molecule has 0 radical (unpaired) electrons. The van der Waals surface area contributed by atoms with Crippen LogP contribution in [-0.4, -0.2) is 25.2 Å². The number of carbonyl (C=O) groups is 2. The summed E-state index contributed by atoms with van der Waals surface area (Å²) >= 11 is 0. The van der Waals surface area contributed by atoms with Gasteiger partial charge in [-0.15, -0.1) is 0 Å². The number of hydrogen-bond acceptors (Lipinski definition) is 5. The lowest BCUT2D eigenvalue weighted by molar-refractivity contribution is -0.141. The molecular formula is C20H21FO5. The van der Waals surface area contributed by atoms with Crippen molar-refractivity contribution >= 4 is 11.9 Å². The Bertz CT molecular complexity index is 740. The van der Waals surface area contributed by atoms with Crippen molar-refractivity contribution in [2.75, 3.05) is 7.11 Å². The average Bonchev–Trinajstić information content (AvgIpc) is 2.68. The van der Waals surface area contributed by atoms with Gasteiger partial charge in [-0.3, -0.25) is 0 Å². The topological polar surface area (TPSA) is 61.8 Å². The molecule has 0 aromatic heterocycles. The number of esters is 2. The Labute approximate surface area is 151 Å². The van der Waals surface area contributed by atoms with Gasteiger partial charge in [-0.25, -0.2) is 14.0 Å². The molecule has 138 valence electrons. The lowest BCUT2D eigenvalue weighted by Crippen LogP contribution is -2.27. The van der Waals surface area contributed by atoms with Crippen LogP contribution in [0.25, 0.3) is 0 Å². The molecule has 0 saturated carbocycles. The van der Waals surface area contributed by atoms with Crippen LogP contribution in [0.3, 0.4) is 0 Å². The first-order chi connectivity index (χ1) is 12.4. The van der Waals surface area contributed by atoms with Gasteiger partial charge in [0, 0.05) is 0 Å². The highest BCUT2D eigenvalue weighted by molar-refractivity contribution is 5.91. The molecule has 2 rings (SSSR count). The number of halogens is 1. The summed E-state index contributed by atoms with van der Waals surface area (Å²) in [6.45, 7) is 3.45. The number of methoxy groups -OCH3 is 1. The van der Waals surface area contributed by atoms with Gasteiger partial charge in [0.2, 0.25) is 0 Å². The Hall–Kier alpha value is -2.89. The Morgan fingerprint density at radius 3 is 1.92 bits per heavy atom. The molecule has 26 heavy (non-hydrogen) atoms. The van der Waals surface area contributed by atoms with Crippen LogP contribution in [0.2, 0.25) is 0 Å². The quantitative estimate of drug-likeness (QED) is 0.547. The van der Waals surface area contributed by atoms with Crippen LogP contribution in [0.1, 0.15) is 30.6 Å². The van der Waals surface area contributed by atoms with Crippen molar-refractivity contribution in [3.8, 4) is 17.2 Å². The minimum atomic E-state index is -1.67. The second kappa shape index (κ2) is 8.99. The van der Waals surface area contributed by atoms with E-state index in [2.05, 4.69) is 0 Å². The second-order valence-corrected chi connectivity index (χ2v) is 5.80. The normalized spacial score (nSPS) is 12.8. The summed E-state index contributed by atoms with van der Waals surface area (Å²) in [5, 5.41) is 0. The molecule has 2 aromatic rings. The van der Waals surface area contributed by atoms with Crippen molar-refractivity contribution in [1.82, 2.24) is 0 Å². The Morgan fingerprint density at radius 1 is 0.923 bits per heavy atom. The lowest BCUT2D eigenvalue weighted by Gasteiger charge is -2.13. The van der Waals surface area contributed by atoms with Crippen molar-refractivity contribution < 1.29 is 28.2 Å². The molecule has 0 aliphatic rings. The van der Waals surface area contributed by atoms with Crippen molar-refractivity contribution in [3.63, 3.8) is 0 Å². The molecule has 6 heteroatoms. The Balaban J connectivity index is 1.96. The molecule has 0 spiro atoms. The third-order valence-corrected chi connectivity index (χ3v) is 3.95. The van der Waals surface area contributed by atoms with Gasteiger partial charge in [0.1, 0.15) is 17.2 Å². The lowest BCUT2D eigenvalue weighted by atomic mass is 10.0. The fraction of sp³-hybridized carbons (Fsp3) is 0.300. The number of carbonyl (C=O) groups excluding carboxylic acids is 2. The summed E-state index contributed by atoms with van der Waals surface area (Å²) in [4.78, 5) is 23.8. The van der Waals surface area contributed by atoms with E-state index < -0.39 is 24.0 Å². The summed E-state index contributed by atoms with van der Waals surface area (Å²) in [6.07, 6.45) is -1.14. The fourth-order valence-electron chi connectivity index (χ4n) is 2.08. The largest absolute Gasteiger partial charge is 0.497 e. The molecule has 2 atom stereocenters. The highest BCUT2D eigenvalue weighted by atomic mass is 19.1. The van der Waals surface area contributed by atoms with Crippen LogP contribution in [0.5, 0.6) is 17.2 Å². The number of benzene rings is 2. The van der Waals surface area contributed by atoms with E-state index in [0.29, 0.717) is 17.7 Å². The van der Waals surface area contributed by atoms with Crippen LogP contribution in [0, 0.1) is 5.92 Å². The monoisotopic (exact) mass is 360 g/mol. The summed E-state index contributed by atoms with van der Waals surface area (Å²) in [6, 6.07) is 12.3. The first-order valence-electron chi connectivity index (χ1n) is 8.26. The first kappa shape index (κ1) is 19.4.